The summed E-state index contributed by atoms with van der Waals surface area (Å²) in [6.45, 7) is 9.32. The Labute approximate surface area is 121 Å². The van der Waals surface area contributed by atoms with Gasteiger partial charge in [0, 0.05) is 19.3 Å². The molecule has 0 amide bonds. The second-order valence-corrected chi connectivity index (χ2v) is 6.31. The topological polar surface area (TPSA) is 37.4 Å². The number of aromatic nitrogens is 1. The van der Waals surface area contributed by atoms with Gasteiger partial charge in [-0.1, -0.05) is 13.8 Å². The Morgan fingerprint density at radius 3 is 2.90 bits per heavy atom. The number of ether oxygens (including phenoxy) is 1. The zero-order valence-corrected chi connectivity index (χ0v) is 12.6. The molecule has 1 aromatic heterocycles. The molecule has 4 heteroatoms. The molecule has 0 radical (unpaired) electrons. The highest BCUT2D eigenvalue weighted by Gasteiger charge is 2.38. The monoisotopic (exact) mass is 275 g/mol. The van der Waals surface area contributed by atoms with Gasteiger partial charge in [0.15, 0.2) is 0 Å². The molecular formula is C16H25N3O. The van der Waals surface area contributed by atoms with E-state index in [4.69, 9.17) is 4.74 Å². The van der Waals surface area contributed by atoms with Crippen molar-refractivity contribution in [3.63, 3.8) is 0 Å². The van der Waals surface area contributed by atoms with Crippen molar-refractivity contribution in [1.29, 1.82) is 0 Å². The van der Waals surface area contributed by atoms with Gasteiger partial charge in [0.2, 0.25) is 0 Å². The molecule has 4 nitrogen and oxygen atoms in total. The maximum absolute atomic E-state index is 6.13. The molecule has 1 spiro atoms. The van der Waals surface area contributed by atoms with Crippen molar-refractivity contribution in [3.8, 4) is 0 Å². The van der Waals surface area contributed by atoms with Crippen molar-refractivity contribution in [1.82, 2.24) is 10.3 Å². The maximum atomic E-state index is 6.13. The fraction of sp³-hybridized carbons (Fsp3) is 0.688. The maximum Gasteiger partial charge on any atom is 0.128 e. The van der Waals surface area contributed by atoms with Crippen LogP contribution in [0.5, 0.6) is 0 Å². The van der Waals surface area contributed by atoms with Crippen LogP contribution in [-0.2, 0) is 4.74 Å². The molecule has 0 bridgehead atoms. The fourth-order valence-electron chi connectivity index (χ4n) is 3.19. The van der Waals surface area contributed by atoms with E-state index in [0.717, 1.165) is 51.4 Å². The van der Waals surface area contributed by atoms with Crippen LogP contribution in [0.1, 0.15) is 38.2 Å². The first kappa shape index (κ1) is 13.8. The average Bonchev–Trinajstić information content (AvgIpc) is 2.48. The number of nitrogens with one attached hydrogen (secondary N) is 1. The largest absolute Gasteiger partial charge is 0.371 e. The summed E-state index contributed by atoms with van der Waals surface area (Å²) in [5, 5.41) is 3.42. The Morgan fingerprint density at radius 2 is 2.15 bits per heavy atom. The third-order valence-electron chi connectivity index (χ3n) is 4.52. The van der Waals surface area contributed by atoms with Crippen molar-refractivity contribution < 1.29 is 4.74 Å². The molecule has 2 fully saturated rings. The van der Waals surface area contributed by atoms with Crippen LogP contribution in [-0.4, -0.2) is 43.4 Å². The summed E-state index contributed by atoms with van der Waals surface area (Å²) in [5.74, 6) is 1.66. The molecule has 3 rings (SSSR count). The molecule has 2 aliphatic rings. The predicted molar refractivity (Wildman–Crippen MR) is 81.3 cm³/mol. The minimum Gasteiger partial charge on any atom is -0.371 e. The zero-order chi connectivity index (χ0) is 14.0. The fourth-order valence-corrected chi connectivity index (χ4v) is 3.19. The number of nitrogens with zero attached hydrogens (tertiary/aromatic N) is 2. The van der Waals surface area contributed by atoms with Crippen LogP contribution in [0.4, 0.5) is 5.82 Å². The van der Waals surface area contributed by atoms with Crippen molar-refractivity contribution in [3.05, 3.63) is 23.9 Å². The minimum atomic E-state index is 0.0407. The van der Waals surface area contributed by atoms with Crippen LogP contribution < -0.4 is 10.2 Å². The van der Waals surface area contributed by atoms with E-state index in [1.807, 2.05) is 6.20 Å². The van der Waals surface area contributed by atoms with E-state index in [-0.39, 0.29) is 5.60 Å². The summed E-state index contributed by atoms with van der Waals surface area (Å²) in [4.78, 5) is 6.98. The molecule has 0 aliphatic carbocycles. The van der Waals surface area contributed by atoms with Gasteiger partial charge in [0.1, 0.15) is 5.82 Å². The average molecular weight is 275 g/mol. The third kappa shape index (κ3) is 2.81. The number of pyridine rings is 1. The number of hydrogen-bond donors (Lipinski definition) is 1. The molecule has 110 valence electrons. The van der Waals surface area contributed by atoms with Crippen molar-refractivity contribution >= 4 is 5.82 Å². The summed E-state index contributed by atoms with van der Waals surface area (Å²) in [6.07, 6.45) is 4.15. The molecule has 0 atom stereocenters. The van der Waals surface area contributed by atoms with E-state index in [2.05, 4.69) is 41.2 Å². The number of anilines is 1. The highest BCUT2D eigenvalue weighted by molar-refractivity contribution is 5.43. The Hall–Kier alpha value is -1.13. The summed E-state index contributed by atoms with van der Waals surface area (Å²) < 4.78 is 6.13. The minimum absolute atomic E-state index is 0.0407. The lowest BCUT2D eigenvalue weighted by atomic mass is 9.90. The zero-order valence-electron chi connectivity index (χ0n) is 12.6. The van der Waals surface area contributed by atoms with E-state index >= 15 is 0 Å². The molecule has 2 saturated heterocycles. The SMILES string of the molecule is CC(C)c1ccnc(N2CCOC3(CCNCC3)C2)c1. The molecule has 0 unspecified atom stereocenters. The normalized spacial score (nSPS) is 22.4. The lowest BCUT2D eigenvalue weighted by Crippen LogP contribution is -2.56. The van der Waals surface area contributed by atoms with E-state index < -0.39 is 0 Å². The van der Waals surface area contributed by atoms with Gasteiger partial charge in [-0.2, -0.15) is 0 Å². The van der Waals surface area contributed by atoms with Gasteiger partial charge >= 0.3 is 0 Å². The van der Waals surface area contributed by atoms with Crippen molar-refractivity contribution in [2.45, 2.75) is 38.2 Å². The molecule has 0 aromatic carbocycles. The highest BCUT2D eigenvalue weighted by atomic mass is 16.5. The van der Waals surface area contributed by atoms with Crippen LogP contribution >= 0.6 is 0 Å². The quantitative estimate of drug-likeness (QED) is 0.897. The first-order chi connectivity index (χ1) is 9.69. The number of rotatable bonds is 2. The Morgan fingerprint density at radius 1 is 1.35 bits per heavy atom. The lowest BCUT2D eigenvalue weighted by Gasteiger charge is -2.45. The number of piperidine rings is 1. The summed E-state index contributed by atoms with van der Waals surface area (Å²) >= 11 is 0. The van der Waals surface area contributed by atoms with Crippen LogP contribution in [0.2, 0.25) is 0 Å². The van der Waals surface area contributed by atoms with Crippen LogP contribution in [0, 0.1) is 0 Å². The summed E-state index contributed by atoms with van der Waals surface area (Å²) in [5.41, 5.74) is 1.40. The molecule has 0 saturated carbocycles. The van der Waals surface area contributed by atoms with Gasteiger partial charge in [-0.15, -0.1) is 0 Å². The molecule has 1 N–H and O–H groups in total. The molecule has 1 aromatic rings. The Balaban J connectivity index is 1.78. The second-order valence-electron chi connectivity index (χ2n) is 6.31. The van der Waals surface area contributed by atoms with Gasteiger partial charge in [0.05, 0.1) is 12.2 Å². The molecule has 3 heterocycles. The number of hydrogen-bond acceptors (Lipinski definition) is 4. The third-order valence-corrected chi connectivity index (χ3v) is 4.52. The van der Waals surface area contributed by atoms with Gasteiger partial charge in [-0.05, 0) is 49.5 Å². The predicted octanol–water partition coefficient (Wildman–Crippen LogP) is 2.16. The number of morpholine rings is 1. The van der Waals surface area contributed by atoms with E-state index in [9.17, 15) is 0 Å². The van der Waals surface area contributed by atoms with E-state index in [1.165, 1.54) is 5.56 Å². The summed E-state index contributed by atoms with van der Waals surface area (Å²) in [6, 6.07) is 4.36. The lowest BCUT2D eigenvalue weighted by molar-refractivity contribution is -0.0740. The second kappa shape index (κ2) is 5.70. The Kier molecular flexibility index (Phi) is 3.94. The van der Waals surface area contributed by atoms with E-state index in [0.29, 0.717) is 5.92 Å². The highest BCUT2D eigenvalue weighted by Crippen LogP contribution is 2.30. The van der Waals surface area contributed by atoms with Crippen molar-refractivity contribution in [2.75, 3.05) is 37.7 Å². The van der Waals surface area contributed by atoms with Gasteiger partial charge in [0.25, 0.3) is 0 Å². The van der Waals surface area contributed by atoms with Crippen LogP contribution in [0.15, 0.2) is 18.3 Å². The standard InChI is InChI=1S/C16H25N3O/c1-13(2)14-3-6-18-15(11-14)19-9-10-20-16(12-19)4-7-17-8-5-16/h3,6,11,13,17H,4-5,7-10,12H2,1-2H3. The summed E-state index contributed by atoms with van der Waals surface area (Å²) in [7, 11) is 0. The van der Waals surface area contributed by atoms with Crippen molar-refractivity contribution in [2.24, 2.45) is 0 Å². The molecular weight excluding hydrogens is 250 g/mol. The molecule has 20 heavy (non-hydrogen) atoms. The van der Waals surface area contributed by atoms with Crippen LogP contribution in [0.3, 0.4) is 0 Å². The van der Waals surface area contributed by atoms with Gasteiger partial charge in [-0.3, -0.25) is 0 Å². The first-order valence-corrected chi connectivity index (χ1v) is 7.74. The Bertz CT molecular complexity index is 449. The van der Waals surface area contributed by atoms with Gasteiger partial charge < -0.3 is 15.0 Å². The van der Waals surface area contributed by atoms with Gasteiger partial charge in [-0.25, -0.2) is 4.98 Å². The first-order valence-electron chi connectivity index (χ1n) is 7.74. The smallest absolute Gasteiger partial charge is 0.128 e. The van der Waals surface area contributed by atoms with Crippen LogP contribution in [0.25, 0.3) is 0 Å². The van der Waals surface area contributed by atoms with E-state index in [1.54, 1.807) is 0 Å². The molecule has 2 aliphatic heterocycles.